The van der Waals surface area contributed by atoms with Gasteiger partial charge in [0.2, 0.25) is 0 Å². The molecule has 1 aliphatic rings. The smallest absolute Gasteiger partial charge is 0.419 e. The molecule has 0 aliphatic carbocycles. The van der Waals surface area contributed by atoms with Crippen LogP contribution in [0.5, 0.6) is 5.75 Å². The van der Waals surface area contributed by atoms with Crippen LogP contribution in [0.25, 0.3) is 0 Å². The molecule has 0 spiro atoms. The van der Waals surface area contributed by atoms with Crippen molar-refractivity contribution in [2.45, 2.75) is 50.3 Å². The summed E-state index contributed by atoms with van der Waals surface area (Å²) in [6, 6.07) is 8.11. The van der Waals surface area contributed by atoms with Crippen molar-refractivity contribution >= 4 is 5.97 Å². The van der Waals surface area contributed by atoms with E-state index in [-0.39, 0.29) is 25.0 Å². The lowest BCUT2D eigenvalue weighted by Gasteiger charge is -2.31. The first-order chi connectivity index (χ1) is 16.4. The number of aliphatic hydroxyl groups is 1. The Morgan fingerprint density at radius 3 is 2.29 bits per heavy atom. The van der Waals surface area contributed by atoms with E-state index >= 15 is 0 Å². The first-order valence-corrected chi connectivity index (χ1v) is 10.4. The van der Waals surface area contributed by atoms with E-state index in [1.807, 2.05) is 0 Å². The van der Waals surface area contributed by atoms with Gasteiger partial charge in [0.1, 0.15) is 19.0 Å². The van der Waals surface area contributed by atoms with Gasteiger partial charge in [0.15, 0.2) is 6.29 Å². The van der Waals surface area contributed by atoms with Crippen LogP contribution in [0, 0.1) is 0 Å². The molecule has 0 aromatic heterocycles. The molecule has 0 saturated carbocycles. The van der Waals surface area contributed by atoms with Gasteiger partial charge < -0.3 is 24.1 Å². The Morgan fingerprint density at radius 2 is 1.69 bits per heavy atom. The summed E-state index contributed by atoms with van der Waals surface area (Å²) in [5.74, 6) is -2.71. The standard InChI is InChI=1S/C23H22F6O6/c1-32-20-8-14(30)7-15(35-20)12-34-21(31)16-9-18(23(27,28)29)19(10-17(16)22(24,25)26)33-11-13-5-3-2-4-6-13/h2-6,9-10,14-15,20,30H,7-8,11-12H2,1H3. The van der Waals surface area contributed by atoms with Gasteiger partial charge in [-0.25, -0.2) is 4.79 Å². The molecule has 1 heterocycles. The van der Waals surface area contributed by atoms with E-state index in [0.29, 0.717) is 5.56 Å². The molecule has 0 bridgehead atoms. The van der Waals surface area contributed by atoms with E-state index in [4.69, 9.17) is 18.9 Å². The van der Waals surface area contributed by atoms with Crippen LogP contribution >= 0.6 is 0 Å². The highest BCUT2D eigenvalue weighted by Gasteiger charge is 2.42. The van der Waals surface area contributed by atoms with Crippen molar-refractivity contribution in [1.29, 1.82) is 0 Å². The lowest BCUT2D eigenvalue weighted by molar-refractivity contribution is -0.210. The zero-order valence-electron chi connectivity index (χ0n) is 18.4. The summed E-state index contributed by atoms with van der Waals surface area (Å²) >= 11 is 0. The molecule has 2 aromatic rings. The lowest BCUT2D eigenvalue weighted by Crippen LogP contribution is -2.39. The van der Waals surface area contributed by atoms with Crippen molar-refractivity contribution in [3.63, 3.8) is 0 Å². The maximum Gasteiger partial charge on any atom is 0.419 e. The Morgan fingerprint density at radius 1 is 1.03 bits per heavy atom. The second-order valence-corrected chi connectivity index (χ2v) is 7.81. The van der Waals surface area contributed by atoms with Gasteiger partial charge in [0.25, 0.3) is 0 Å². The Labute approximate surface area is 196 Å². The first-order valence-electron chi connectivity index (χ1n) is 10.4. The molecule has 2 aromatic carbocycles. The summed E-state index contributed by atoms with van der Waals surface area (Å²) in [5, 5.41) is 9.82. The average Bonchev–Trinajstić information content (AvgIpc) is 2.79. The van der Waals surface area contributed by atoms with Gasteiger partial charge in [0, 0.05) is 20.0 Å². The molecule has 3 unspecified atom stereocenters. The largest absolute Gasteiger partial charge is 0.488 e. The molecule has 35 heavy (non-hydrogen) atoms. The molecule has 1 N–H and O–H groups in total. The molecule has 3 atom stereocenters. The van der Waals surface area contributed by atoms with Gasteiger partial charge in [-0.05, 0) is 17.7 Å². The van der Waals surface area contributed by atoms with Crippen LogP contribution in [-0.4, -0.2) is 43.3 Å². The topological polar surface area (TPSA) is 74.2 Å². The number of hydrogen-bond donors (Lipinski definition) is 1. The molecular weight excluding hydrogens is 486 g/mol. The SMILES string of the molecule is COC1CC(O)CC(COC(=O)c2cc(C(F)(F)F)c(OCc3ccccc3)cc2C(F)(F)F)O1. The maximum absolute atomic E-state index is 13.7. The fraction of sp³-hybridized carbons (Fsp3) is 0.435. The number of methoxy groups -OCH3 is 1. The van der Waals surface area contributed by atoms with E-state index in [1.54, 1.807) is 18.2 Å². The number of aliphatic hydroxyl groups excluding tert-OH is 1. The summed E-state index contributed by atoms with van der Waals surface area (Å²) in [7, 11) is 1.31. The Balaban J connectivity index is 1.88. The summed E-state index contributed by atoms with van der Waals surface area (Å²) in [5.41, 5.74) is -4.09. The molecule has 0 radical (unpaired) electrons. The van der Waals surface area contributed by atoms with Gasteiger partial charge in [-0.1, -0.05) is 30.3 Å². The van der Waals surface area contributed by atoms with Crippen LogP contribution in [0.3, 0.4) is 0 Å². The minimum Gasteiger partial charge on any atom is -0.488 e. The number of alkyl halides is 6. The van der Waals surface area contributed by atoms with Crippen molar-refractivity contribution in [3.8, 4) is 5.75 Å². The van der Waals surface area contributed by atoms with Crippen LogP contribution in [-0.2, 0) is 33.2 Å². The van der Waals surface area contributed by atoms with Gasteiger partial charge in [-0.2, -0.15) is 26.3 Å². The first kappa shape index (κ1) is 26.8. The van der Waals surface area contributed by atoms with Crippen molar-refractivity contribution in [2.75, 3.05) is 13.7 Å². The maximum atomic E-state index is 13.7. The number of ether oxygens (including phenoxy) is 4. The zero-order chi connectivity index (χ0) is 25.8. The molecule has 1 aliphatic heterocycles. The Hall–Kier alpha value is -2.83. The molecule has 1 fully saturated rings. The monoisotopic (exact) mass is 508 g/mol. The molecule has 1 saturated heterocycles. The van der Waals surface area contributed by atoms with E-state index in [0.717, 1.165) is 0 Å². The number of benzene rings is 2. The number of rotatable bonds is 7. The summed E-state index contributed by atoms with van der Waals surface area (Å²) in [6.07, 6.45) is -12.8. The third kappa shape index (κ3) is 7.09. The van der Waals surface area contributed by atoms with Crippen molar-refractivity contribution in [1.82, 2.24) is 0 Å². The minimum atomic E-state index is -5.18. The number of esters is 1. The molecule has 0 amide bonds. The second kappa shape index (κ2) is 10.8. The molecule has 12 heteroatoms. The van der Waals surface area contributed by atoms with Gasteiger partial charge in [0.05, 0.1) is 28.9 Å². The van der Waals surface area contributed by atoms with Crippen molar-refractivity contribution < 1.29 is 55.2 Å². The Bertz CT molecular complexity index is 1010. The molecule has 192 valence electrons. The van der Waals surface area contributed by atoms with Gasteiger partial charge in [-0.3, -0.25) is 0 Å². The van der Waals surface area contributed by atoms with E-state index in [9.17, 15) is 36.2 Å². The van der Waals surface area contributed by atoms with E-state index in [1.165, 1.54) is 19.2 Å². The van der Waals surface area contributed by atoms with Crippen LogP contribution in [0.4, 0.5) is 26.3 Å². The fourth-order valence-electron chi connectivity index (χ4n) is 3.51. The highest BCUT2D eigenvalue weighted by Crippen LogP contribution is 2.42. The van der Waals surface area contributed by atoms with Gasteiger partial charge in [-0.15, -0.1) is 0 Å². The van der Waals surface area contributed by atoms with Crippen molar-refractivity contribution in [3.05, 3.63) is 64.7 Å². The predicted molar refractivity (Wildman–Crippen MR) is 108 cm³/mol. The predicted octanol–water partition coefficient (Wildman–Crippen LogP) is 4.97. The summed E-state index contributed by atoms with van der Waals surface area (Å²) in [6.45, 7) is -1.02. The minimum absolute atomic E-state index is 0.000662. The highest BCUT2D eigenvalue weighted by molar-refractivity contribution is 5.92. The van der Waals surface area contributed by atoms with Crippen LogP contribution in [0.1, 0.15) is 39.9 Å². The third-order valence-corrected chi connectivity index (χ3v) is 5.19. The average molecular weight is 508 g/mol. The van der Waals surface area contributed by atoms with Crippen LogP contribution < -0.4 is 4.74 Å². The number of carbonyl (C=O) groups excluding carboxylic acids is 1. The van der Waals surface area contributed by atoms with E-state index in [2.05, 4.69) is 0 Å². The number of halogens is 6. The number of hydrogen-bond acceptors (Lipinski definition) is 6. The molecule has 6 nitrogen and oxygen atoms in total. The quantitative estimate of drug-likeness (QED) is 0.421. The number of carbonyl (C=O) groups is 1. The van der Waals surface area contributed by atoms with Crippen LogP contribution in [0.15, 0.2) is 42.5 Å². The molecular formula is C23H22F6O6. The normalized spacial score (nSPS) is 21.0. The van der Waals surface area contributed by atoms with Crippen LogP contribution in [0.2, 0.25) is 0 Å². The van der Waals surface area contributed by atoms with Gasteiger partial charge >= 0.3 is 18.3 Å². The van der Waals surface area contributed by atoms with E-state index < -0.39 is 72.5 Å². The highest BCUT2D eigenvalue weighted by atomic mass is 19.4. The second-order valence-electron chi connectivity index (χ2n) is 7.81. The van der Waals surface area contributed by atoms with Crippen molar-refractivity contribution in [2.24, 2.45) is 0 Å². The summed E-state index contributed by atoms with van der Waals surface area (Å²) < 4.78 is 102. The third-order valence-electron chi connectivity index (χ3n) is 5.19. The zero-order valence-corrected chi connectivity index (χ0v) is 18.4. The summed E-state index contributed by atoms with van der Waals surface area (Å²) in [4.78, 5) is 12.5. The Kier molecular flexibility index (Phi) is 8.29. The molecule has 3 rings (SSSR count). The lowest BCUT2D eigenvalue weighted by atomic mass is 10.0. The fourth-order valence-corrected chi connectivity index (χ4v) is 3.51.